The second-order valence-corrected chi connectivity index (χ2v) is 9.65. The fourth-order valence-electron chi connectivity index (χ4n) is 3.11. The smallest absolute Gasteiger partial charge is 0.339 e. The highest BCUT2D eigenvalue weighted by Gasteiger charge is 2.20. The van der Waals surface area contributed by atoms with Gasteiger partial charge in [0.15, 0.2) is 0 Å². The summed E-state index contributed by atoms with van der Waals surface area (Å²) in [6.45, 7) is 4.89. The maximum atomic E-state index is 13.1. The quantitative estimate of drug-likeness (QED) is 0.401. The van der Waals surface area contributed by atoms with Crippen LogP contribution in [0.4, 0.5) is 4.39 Å². The Labute approximate surface area is 192 Å². The molecular formula is C24H23ClFNO4S. The molecule has 0 heterocycles. The van der Waals surface area contributed by atoms with Gasteiger partial charge < -0.3 is 9.08 Å². The van der Waals surface area contributed by atoms with Crippen LogP contribution >= 0.6 is 11.6 Å². The summed E-state index contributed by atoms with van der Waals surface area (Å²) in [6, 6.07) is 17.7. The summed E-state index contributed by atoms with van der Waals surface area (Å²) in [4.78, 5) is 14.6. The van der Waals surface area contributed by atoms with E-state index in [-0.39, 0.29) is 22.5 Å². The molecule has 0 saturated heterocycles. The highest BCUT2D eigenvalue weighted by Crippen LogP contribution is 2.22. The van der Waals surface area contributed by atoms with E-state index >= 15 is 0 Å². The van der Waals surface area contributed by atoms with E-state index in [4.69, 9.17) is 15.8 Å². The van der Waals surface area contributed by atoms with Gasteiger partial charge in [-0.05, 0) is 60.0 Å². The van der Waals surface area contributed by atoms with Gasteiger partial charge in [0, 0.05) is 13.1 Å². The number of hydrogen-bond acceptors (Lipinski definition) is 4. The van der Waals surface area contributed by atoms with Crippen molar-refractivity contribution in [1.29, 1.82) is 0 Å². The molecule has 0 spiro atoms. The van der Waals surface area contributed by atoms with Crippen LogP contribution in [-0.4, -0.2) is 25.8 Å². The van der Waals surface area contributed by atoms with Crippen LogP contribution in [0.15, 0.2) is 77.7 Å². The molecule has 0 bridgehead atoms. The van der Waals surface area contributed by atoms with Crippen LogP contribution in [0.3, 0.4) is 0 Å². The van der Waals surface area contributed by atoms with E-state index in [1.165, 1.54) is 12.1 Å². The molecule has 0 aliphatic carbocycles. The van der Waals surface area contributed by atoms with Crippen molar-refractivity contribution in [1.82, 2.24) is 4.90 Å². The van der Waals surface area contributed by atoms with E-state index in [1.807, 2.05) is 13.8 Å². The van der Waals surface area contributed by atoms with Gasteiger partial charge in [-0.15, -0.1) is 0 Å². The van der Waals surface area contributed by atoms with Crippen LogP contribution in [0.5, 0.6) is 5.75 Å². The third-order valence-electron chi connectivity index (χ3n) is 4.58. The standard InChI is InChI=1S/C24H23ClFNO4S/c1-17(2)15-27(24(28)22-5-3-4-6-23(22)25)16-18-7-11-20(12-8-18)31-32(29,30)21-13-9-19(26)10-14-21/h3-14,17H,15-16H2,1-2H3. The molecule has 32 heavy (non-hydrogen) atoms. The van der Waals surface area contributed by atoms with E-state index in [2.05, 4.69) is 0 Å². The molecule has 0 aliphatic heterocycles. The van der Waals surface area contributed by atoms with Crippen molar-refractivity contribution in [3.8, 4) is 5.75 Å². The van der Waals surface area contributed by atoms with Crippen molar-refractivity contribution in [3.05, 3.63) is 94.8 Å². The summed E-state index contributed by atoms with van der Waals surface area (Å²) < 4.78 is 42.9. The Morgan fingerprint density at radius 3 is 2.22 bits per heavy atom. The fraction of sp³-hybridized carbons (Fsp3) is 0.208. The molecule has 1 amide bonds. The van der Waals surface area contributed by atoms with Crippen LogP contribution in [0.1, 0.15) is 29.8 Å². The first kappa shape index (κ1) is 23.8. The number of amides is 1. The Morgan fingerprint density at radius 2 is 1.62 bits per heavy atom. The summed E-state index contributed by atoms with van der Waals surface area (Å²) in [6.07, 6.45) is 0. The Kier molecular flexibility index (Phi) is 7.53. The zero-order valence-electron chi connectivity index (χ0n) is 17.7. The van der Waals surface area contributed by atoms with Crippen LogP contribution in [0.2, 0.25) is 5.02 Å². The summed E-state index contributed by atoms with van der Waals surface area (Å²) in [5.74, 6) is -0.357. The number of halogens is 2. The summed E-state index contributed by atoms with van der Waals surface area (Å²) in [5, 5.41) is 0.390. The summed E-state index contributed by atoms with van der Waals surface area (Å²) in [7, 11) is -4.08. The van der Waals surface area contributed by atoms with Crippen molar-refractivity contribution in [2.24, 2.45) is 5.92 Å². The third kappa shape index (κ3) is 6.08. The van der Waals surface area contributed by atoms with Crippen LogP contribution < -0.4 is 4.18 Å². The van der Waals surface area contributed by atoms with Crippen molar-refractivity contribution in [3.63, 3.8) is 0 Å². The average Bonchev–Trinajstić information content (AvgIpc) is 2.74. The average molecular weight is 476 g/mol. The summed E-state index contributed by atoms with van der Waals surface area (Å²) in [5.41, 5.74) is 1.23. The minimum Gasteiger partial charge on any atom is -0.379 e. The fourth-order valence-corrected chi connectivity index (χ4v) is 4.26. The number of hydrogen-bond donors (Lipinski definition) is 0. The molecular weight excluding hydrogens is 453 g/mol. The molecule has 3 aromatic rings. The minimum absolute atomic E-state index is 0.117. The number of nitrogens with zero attached hydrogens (tertiary/aromatic N) is 1. The monoisotopic (exact) mass is 475 g/mol. The molecule has 0 fully saturated rings. The molecule has 0 aromatic heterocycles. The second kappa shape index (κ2) is 10.1. The number of rotatable bonds is 8. The first-order valence-corrected chi connectivity index (χ1v) is 11.8. The summed E-state index contributed by atoms with van der Waals surface area (Å²) >= 11 is 6.20. The van der Waals surface area contributed by atoms with Gasteiger partial charge in [-0.25, -0.2) is 4.39 Å². The molecule has 0 N–H and O–H groups in total. The molecule has 0 atom stereocenters. The first-order chi connectivity index (χ1) is 15.2. The molecule has 0 unspecified atom stereocenters. The van der Waals surface area contributed by atoms with Crippen LogP contribution in [0, 0.1) is 11.7 Å². The van der Waals surface area contributed by atoms with Gasteiger partial charge in [-0.3, -0.25) is 4.79 Å². The number of carbonyl (C=O) groups is 1. The van der Waals surface area contributed by atoms with Gasteiger partial charge >= 0.3 is 10.1 Å². The van der Waals surface area contributed by atoms with E-state index in [0.717, 1.165) is 29.8 Å². The molecule has 3 rings (SSSR count). The van der Waals surface area contributed by atoms with Crippen LogP contribution in [0.25, 0.3) is 0 Å². The van der Waals surface area contributed by atoms with E-state index in [1.54, 1.807) is 41.3 Å². The van der Waals surface area contributed by atoms with E-state index < -0.39 is 15.9 Å². The SMILES string of the molecule is CC(C)CN(Cc1ccc(OS(=O)(=O)c2ccc(F)cc2)cc1)C(=O)c1ccccc1Cl. The zero-order valence-corrected chi connectivity index (χ0v) is 19.2. The Hall–Kier alpha value is -2.90. The molecule has 8 heteroatoms. The second-order valence-electron chi connectivity index (χ2n) is 7.69. The Balaban J connectivity index is 1.75. The van der Waals surface area contributed by atoms with Crippen molar-refractivity contribution in [2.75, 3.05) is 6.54 Å². The van der Waals surface area contributed by atoms with E-state index in [0.29, 0.717) is 23.7 Å². The van der Waals surface area contributed by atoms with Gasteiger partial charge in [0.2, 0.25) is 0 Å². The minimum atomic E-state index is -4.08. The first-order valence-electron chi connectivity index (χ1n) is 9.98. The number of benzene rings is 3. The maximum absolute atomic E-state index is 13.1. The topological polar surface area (TPSA) is 63.7 Å². The van der Waals surface area contributed by atoms with Gasteiger partial charge in [0.25, 0.3) is 5.91 Å². The third-order valence-corrected chi connectivity index (χ3v) is 6.17. The predicted octanol–water partition coefficient (Wildman–Crippen LogP) is 5.55. The Bertz CT molecular complexity index is 1180. The van der Waals surface area contributed by atoms with Gasteiger partial charge in [-0.1, -0.05) is 49.7 Å². The molecule has 3 aromatic carbocycles. The highest BCUT2D eigenvalue weighted by molar-refractivity contribution is 7.87. The Morgan fingerprint density at radius 1 is 1.00 bits per heavy atom. The van der Waals surface area contributed by atoms with Crippen molar-refractivity contribution >= 4 is 27.6 Å². The zero-order chi connectivity index (χ0) is 23.3. The maximum Gasteiger partial charge on any atom is 0.339 e. The lowest BCUT2D eigenvalue weighted by Crippen LogP contribution is -2.33. The lowest BCUT2D eigenvalue weighted by Gasteiger charge is -2.25. The lowest BCUT2D eigenvalue weighted by molar-refractivity contribution is 0.0723. The van der Waals surface area contributed by atoms with Gasteiger partial charge in [0.1, 0.15) is 16.5 Å². The van der Waals surface area contributed by atoms with Gasteiger partial charge in [-0.2, -0.15) is 8.42 Å². The van der Waals surface area contributed by atoms with Crippen molar-refractivity contribution < 1.29 is 21.8 Å². The van der Waals surface area contributed by atoms with Crippen LogP contribution in [-0.2, 0) is 16.7 Å². The highest BCUT2D eigenvalue weighted by atomic mass is 35.5. The van der Waals surface area contributed by atoms with E-state index in [9.17, 15) is 17.6 Å². The number of carbonyl (C=O) groups excluding carboxylic acids is 1. The van der Waals surface area contributed by atoms with Gasteiger partial charge in [0.05, 0.1) is 10.6 Å². The molecule has 5 nitrogen and oxygen atoms in total. The lowest BCUT2D eigenvalue weighted by atomic mass is 10.1. The molecule has 168 valence electrons. The largest absolute Gasteiger partial charge is 0.379 e. The van der Waals surface area contributed by atoms with Crippen molar-refractivity contribution in [2.45, 2.75) is 25.3 Å². The normalized spacial score (nSPS) is 11.4. The molecule has 0 saturated carbocycles. The molecule has 0 aliphatic rings. The molecule has 0 radical (unpaired) electrons. The predicted molar refractivity (Wildman–Crippen MR) is 122 cm³/mol.